The second-order valence-corrected chi connectivity index (χ2v) is 5.62. The average Bonchev–Trinajstić information content (AvgIpc) is 2.60. The summed E-state index contributed by atoms with van der Waals surface area (Å²) in [5.74, 6) is 1.42. The second-order valence-electron chi connectivity index (χ2n) is 4.30. The molecule has 0 spiro atoms. The largest absolute Gasteiger partial charge is 0.352 e. The molecular weight excluding hydrogens is 289 g/mol. The predicted octanol–water partition coefficient (Wildman–Crippen LogP) is 2.67. The van der Waals surface area contributed by atoms with Crippen molar-refractivity contribution in [2.75, 3.05) is 18.0 Å². The Hall–Kier alpha value is -0.320. The van der Waals surface area contributed by atoms with Gasteiger partial charge in [-0.05, 0) is 47.8 Å². The Morgan fingerprint density at radius 2 is 2.44 bits per heavy atom. The van der Waals surface area contributed by atoms with E-state index in [2.05, 4.69) is 32.7 Å². The third kappa shape index (κ3) is 2.34. The van der Waals surface area contributed by atoms with Gasteiger partial charge in [0.15, 0.2) is 0 Å². The molecule has 16 heavy (non-hydrogen) atoms. The van der Waals surface area contributed by atoms with Crippen LogP contribution in [0.2, 0.25) is 5.02 Å². The highest BCUT2D eigenvalue weighted by molar-refractivity contribution is 9.10. The number of anilines is 1. The van der Waals surface area contributed by atoms with Gasteiger partial charge in [0.05, 0.1) is 5.02 Å². The van der Waals surface area contributed by atoms with Crippen molar-refractivity contribution < 1.29 is 0 Å². The summed E-state index contributed by atoms with van der Waals surface area (Å²) in [5.41, 5.74) is 5.71. The van der Waals surface area contributed by atoms with Crippen LogP contribution in [-0.4, -0.2) is 24.1 Å². The summed E-state index contributed by atoms with van der Waals surface area (Å²) in [5, 5.41) is 0.693. The van der Waals surface area contributed by atoms with Crippen LogP contribution in [0.5, 0.6) is 0 Å². The molecule has 1 fully saturated rings. The van der Waals surface area contributed by atoms with Gasteiger partial charge in [0.2, 0.25) is 0 Å². The van der Waals surface area contributed by atoms with E-state index < -0.39 is 0 Å². The molecule has 1 saturated heterocycles. The highest BCUT2D eigenvalue weighted by Gasteiger charge is 2.30. The van der Waals surface area contributed by atoms with E-state index >= 15 is 0 Å². The monoisotopic (exact) mass is 303 g/mol. The Bertz CT molecular complexity index is 385. The van der Waals surface area contributed by atoms with Crippen molar-refractivity contribution in [1.29, 1.82) is 0 Å². The normalized spacial score (nSPS) is 25.1. The molecule has 0 radical (unpaired) electrons. The summed E-state index contributed by atoms with van der Waals surface area (Å²) >= 11 is 9.56. The molecule has 0 aliphatic carbocycles. The minimum Gasteiger partial charge on any atom is -0.352 e. The van der Waals surface area contributed by atoms with Crippen molar-refractivity contribution in [3.8, 4) is 0 Å². The summed E-state index contributed by atoms with van der Waals surface area (Å²) in [7, 11) is 0. The van der Waals surface area contributed by atoms with Crippen LogP contribution in [0.25, 0.3) is 0 Å². The van der Waals surface area contributed by atoms with Crippen LogP contribution >= 0.6 is 27.5 Å². The molecule has 2 unspecified atom stereocenters. The smallest absolute Gasteiger partial charge is 0.147 e. The van der Waals surface area contributed by atoms with Gasteiger partial charge in [-0.1, -0.05) is 11.6 Å². The molecule has 3 nitrogen and oxygen atoms in total. The van der Waals surface area contributed by atoms with E-state index in [0.717, 1.165) is 29.8 Å². The van der Waals surface area contributed by atoms with Crippen molar-refractivity contribution in [2.24, 2.45) is 11.7 Å². The van der Waals surface area contributed by atoms with Crippen LogP contribution in [-0.2, 0) is 0 Å². The molecule has 2 heterocycles. The maximum atomic E-state index is 6.20. The number of nitrogens with two attached hydrogens (primary N) is 1. The van der Waals surface area contributed by atoms with Crippen molar-refractivity contribution in [3.63, 3.8) is 0 Å². The minimum absolute atomic E-state index is 0.458. The van der Waals surface area contributed by atoms with E-state index in [1.165, 1.54) is 0 Å². The molecule has 1 aromatic heterocycles. The van der Waals surface area contributed by atoms with E-state index in [4.69, 9.17) is 17.3 Å². The van der Waals surface area contributed by atoms with Crippen molar-refractivity contribution >= 4 is 33.3 Å². The predicted molar refractivity (Wildman–Crippen MR) is 70.9 cm³/mol. The summed E-state index contributed by atoms with van der Waals surface area (Å²) in [4.78, 5) is 6.63. The Morgan fingerprint density at radius 1 is 1.69 bits per heavy atom. The molecule has 2 atom stereocenters. The van der Waals surface area contributed by atoms with Crippen molar-refractivity contribution in [2.45, 2.75) is 19.4 Å². The molecule has 1 aliphatic rings. The van der Waals surface area contributed by atoms with Crippen LogP contribution in [0.4, 0.5) is 5.82 Å². The van der Waals surface area contributed by atoms with Gasteiger partial charge in [-0.2, -0.15) is 0 Å². The number of aromatic nitrogens is 1. The van der Waals surface area contributed by atoms with Crippen molar-refractivity contribution in [3.05, 3.63) is 21.8 Å². The maximum Gasteiger partial charge on any atom is 0.147 e. The van der Waals surface area contributed by atoms with E-state index in [1.54, 1.807) is 6.20 Å². The van der Waals surface area contributed by atoms with Gasteiger partial charge in [0.25, 0.3) is 0 Å². The SMILES string of the molecule is CC1CC(CN)CN1c1ncc(Br)cc1Cl. The van der Waals surface area contributed by atoms with Gasteiger partial charge in [-0.25, -0.2) is 4.98 Å². The number of rotatable bonds is 2. The molecule has 0 aromatic carbocycles. The van der Waals surface area contributed by atoms with Crippen LogP contribution in [0.1, 0.15) is 13.3 Å². The molecule has 2 rings (SSSR count). The first-order valence-electron chi connectivity index (χ1n) is 5.39. The molecule has 0 amide bonds. The van der Waals surface area contributed by atoms with Gasteiger partial charge < -0.3 is 10.6 Å². The van der Waals surface area contributed by atoms with E-state index in [9.17, 15) is 0 Å². The summed E-state index contributed by atoms with van der Waals surface area (Å²) in [6.07, 6.45) is 2.90. The van der Waals surface area contributed by atoms with Gasteiger partial charge in [0, 0.05) is 23.3 Å². The van der Waals surface area contributed by atoms with E-state index in [1.807, 2.05) is 6.07 Å². The molecular formula is C11H15BrClN3. The van der Waals surface area contributed by atoms with Crippen LogP contribution in [0.3, 0.4) is 0 Å². The lowest BCUT2D eigenvalue weighted by Crippen LogP contribution is -2.28. The molecule has 0 saturated carbocycles. The lowest BCUT2D eigenvalue weighted by Gasteiger charge is -2.23. The molecule has 2 N–H and O–H groups in total. The summed E-state index contributed by atoms with van der Waals surface area (Å²) in [6.45, 7) is 3.87. The maximum absolute atomic E-state index is 6.20. The Kier molecular flexibility index (Phi) is 3.72. The van der Waals surface area contributed by atoms with Crippen molar-refractivity contribution in [1.82, 2.24) is 4.98 Å². The summed E-state index contributed by atoms with van der Waals surface area (Å²) < 4.78 is 0.906. The van der Waals surface area contributed by atoms with Gasteiger partial charge in [-0.3, -0.25) is 0 Å². The highest BCUT2D eigenvalue weighted by atomic mass is 79.9. The first kappa shape index (κ1) is 12.1. The lowest BCUT2D eigenvalue weighted by molar-refractivity contribution is 0.579. The lowest BCUT2D eigenvalue weighted by atomic mass is 10.1. The Morgan fingerprint density at radius 3 is 3.00 bits per heavy atom. The highest BCUT2D eigenvalue weighted by Crippen LogP contribution is 2.33. The zero-order valence-electron chi connectivity index (χ0n) is 9.16. The van der Waals surface area contributed by atoms with E-state index in [-0.39, 0.29) is 0 Å². The average molecular weight is 305 g/mol. The molecule has 88 valence electrons. The fourth-order valence-corrected chi connectivity index (χ4v) is 2.96. The molecule has 1 aromatic rings. The topological polar surface area (TPSA) is 42.1 Å². The zero-order chi connectivity index (χ0) is 11.7. The van der Waals surface area contributed by atoms with Crippen LogP contribution in [0, 0.1) is 5.92 Å². The van der Waals surface area contributed by atoms with Gasteiger partial charge in [0.1, 0.15) is 5.82 Å². The number of pyridine rings is 1. The van der Waals surface area contributed by atoms with Gasteiger partial charge >= 0.3 is 0 Å². The minimum atomic E-state index is 0.458. The van der Waals surface area contributed by atoms with Crippen LogP contribution < -0.4 is 10.6 Å². The number of hydrogen-bond donors (Lipinski definition) is 1. The molecule has 0 bridgehead atoms. The fourth-order valence-electron chi connectivity index (χ4n) is 2.23. The van der Waals surface area contributed by atoms with Gasteiger partial charge in [-0.15, -0.1) is 0 Å². The quantitative estimate of drug-likeness (QED) is 0.913. The molecule has 5 heteroatoms. The summed E-state index contributed by atoms with van der Waals surface area (Å²) in [6, 6.07) is 2.34. The van der Waals surface area contributed by atoms with Crippen LogP contribution in [0.15, 0.2) is 16.7 Å². The third-order valence-electron chi connectivity index (χ3n) is 3.06. The third-order valence-corrected chi connectivity index (χ3v) is 3.77. The molecule has 1 aliphatic heterocycles. The number of halogens is 2. The first-order chi connectivity index (χ1) is 7.61. The number of nitrogens with zero attached hydrogens (tertiary/aromatic N) is 2. The zero-order valence-corrected chi connectivity index (χ0v) is 11.5. The standard InChI is InChI=1S/C11H15BrClN3/c1-7-2-8(4-14)6-16(7)11-10(13)3-9(12)5-15-11/h3,5,7-8H,2,4,6,14H2,1H3. The number of hydrogen-bond acceptors (Lipinski definition) is 3. The fraction of sp³-hybridized carbons (Fsp3) is 0.545. The Labute approximate surface area is 109 Å². The Balaban J connectivity index is 2.24. The second kappa shape index (κ2) is 4.90. The van der Waals surface area contributed by atoms with E-state index in [0.29, 0.717) is 17.0 Å². The first-order valence-corrected chi connectivity index (χ1v) is 6.56.